The van der Waals surface area contributed by atoms with Gasteiger partial charge in [-0.1, -0.05) is 78.9 Å². The second kappa shape index (κ2) is 7.26. The lowest BCUT2D eigenvalue weighted by Gasteiger charge is -2.07. The molecule has 27 heavy (non-hydrogen) atoms. The second-order valence-corrected chi connectivity index (χ2v) is 6.32. The lowest BCUT2D eigenvalue weighted by Crippen LogP contribution is -1.87. The summed E-state index contributed by atoms with van der Waals surface area (Å²) < 4.78 is 0. The van der Waals surface area contributed by atoms with Gasteiger partial charge in [-0.15, -0.1) is 0 Å². The van der Waals surface area contributed by atoms with Crippen LogP contribution in [0.2, 0.25) is 0 Å². The molecule has 0 unspecified atom stereocenters. The summed E-state index contributed by atoms with van der Waals surface area (Å²) in [4.78, 5) is 10.4. The van der Waals surface area contributed by atoms with Gasteiger partial charge in [0.1, 0.15) is 0 Å². The van der Waals surface area contributed by atoms with Crippen molar-refractivity contribution in [1.29, 1.82) is 0 Å². The van der Waals surface area contributed by atoms with Crippen LogP contribution in [0.4, 0.5) is 5.69 Å². The van der Waals surface area contributed by atoms with E-state index in [0.717, 1.165) is 22.3 Å². The first-order chi connectivity index (χ1) is 13.2. The van der Waals surface area contributed by atoms with E-state index in [1.807, 2.05) is 30.3 Å². The molecule has 0 atom stereocenters. The number of nitro benzene ring substituents is 1. The molecule has 0 aromatic heterocycles. The van der Waals surface area contributed by atoms with Gasteiger partial charge in [0.2, 0.25) is 0 Å². The van der Waals surface area contributed by atoms with Crippen LogP contribution in [0.15, 0.2) is 103 Å². The number of nitro groups is 1. The molecule has 0 spiro atoms. The highest BCUT2D eigenvalue weighted by atomic mass is 16.6. The molecule has 0 radical (unpaired) electrons. The Morgan fingerprint density at radius 2 is 0.741 bits per heavy atom. The standard InChI is InChI=1S/C24H17NO2/c26-25(27)24-16-14-23(15-17-24)22-12-10-21(11-13-22)20-8-6-19(7-9-20)18-4-2-1-3-5-18/h1-17H. The van der Waals surface area contributed by atoms with Gasteiger partial charge in [0.15, 0.2) is 0 Å². The van der Waals surface area contributed by atoms with E-state index in [9.17, 15) is 10.1 Å². The van der Waals surface area contributed by atoms with E-state index in [-0.39, 0.29) is 10.6 Å². The number of nitrogens with zero attached hydrogens (tertiary/aromatic N) is 1. The highest BCUT2D eigenvalue weighted by Gasteiger charge is 2.06. The molecule has 0 bridgehead atoms. The van der Waals surface area contributed by atoms with Crippen LogP contribution in [-0.2, 0) is 0 Å². The summed E-state index contributed by atoms with van der Waals surface area (Å²) in [6.07, 6.45) is 0. The predicted octanol–water partition coefficient (Wildman–Crippen LogP) is 6.60. The van der Waals surface area contributed by atoms with Gasteiger partial charge in [0, 0.05) is 12.1 Å². The summed E-state index contributed by atoms with van der Waals surface area (Å²) in [5, 5.41) is 10.8. The van der Waals surface area contributed by atoms with Crippen molar-refractivity contribution >= 4 is 5.69 Å². The molecule has 4 rings (SSSR count). The highest BCUT2D eigenvalue weighted by molar-refractivity contribution is 5.73. The molecule has 4 aromatic carbocycles. The zero-order chi connectivity index (χ0) is 18.6. The van der Waals surface area contributed by atoms with Gasteiger partial charge in [-0.25, -0.2) is 0 Å². The van der Waals surface area contributed by atoms with E-state index in [0.29, 0.717) is 0 Å². The molecule has 3 nitrogen and oxygen atoms in total. The fourth-order valence-electron chi connectivity index (χ4n) is 3.12. The minimum atomic E-state index is -0.383. The Kier molecular flexibility index (Phi) is 4.50. The Balaban J connectivity index is 1.56. The summed E-state index contributed by atoms with van der Waals surface area (Å²) in [6, 6.07) is 33.7. The molecule has 4 aromatic rings. The summed E-state index contributed by atoms with van der Waals surface area (Å²) >= 11 is 0. The van der Waals surface area contributed by atoms with E-state index in [2.05, 4.69) is 48.5 Å². The number of hydrogen-bond acceptors (Lipinski definition) is 2. The summed E-state index contributed by atoms with van der Waals surface area (Å²) in [5.74, 6) is 0. The molecule has 0 heterocycles. The Morgan fingerprint density at radius 1 is 0.444 bits per heavy atom. The first-order valence-electron chi connectivity index (χ1n) is 8.71. The third-order valence-electron chi connectivity index (χ3n) is 4.62. The van der Waals surface area contributed by atoms with E-state index in [4.69, 9.17) is 0 Å². The molecule has 130 valence electrons. The van der Waals surface area contributed by atoms with Crippen LogP contribution in [0.25, 0.3) is 33.4 Å². The Morgan fingerprint density at radius 3 is 1.07 bits per heavy atom. The van der Waals surface area contributed by atoms with Crippen LogP contribution in [0.1, 0.15) is 0 Å². The van der Waals surface area contributed by atoms with Crippen molar-refractivity contribution in [3.8, 4) is 33.4 Å². The lowest BCUT2D eigenvalue weighted by atomic mass is 9.98. The zero-order valence-electron chi connectivity index (χ0n) is 14.6. The van der Waals surface area contributed by atoms with Gasteiger partial charge in [-0.2, -0.15) is 0 Å². The predicted molar refractivity (Wildman–Crippen MR) is 109 cm³/mol. The molecule has 0 fully saturated rings. The van der Waals surface area contributed by atoms with Crippen LogP contribution >= 0.6 is 0 Å². The molecular formula is C24H17NO2. The van der Waals surface area contributed by atoms with Gasteiger partial charge in [-0.05, 0) is 45.5 Å². The number of benzene rings is 4. The van der Waals surface area contributed by atoms with Crippen molar-refractivity contribution < 1.29 is 4.92 Å². The quantitative estimate of drug-likeness (QED) is 0.307. The summed E-state index contributed by atoms with van der Waals surface area (Å²) in [7, 11) is 0. The minimum Gasteiger partial charge on any atom is -0.258 e. The topological polar surface area (TPSA) is 43.1 Å². The molecular weight excluding hydrogens is 334 g/mol. The molecule has 0 aliphatic carbocycles. The van der Waals surface area contributed by atoms with Crippen molar-refractivity contribution in [3.63, 3.8) is 0 Å². The molecule has 0 aliphatic heterocycles. The summed E-state index contributed by atoms with van der Waals surface area (Å²) in [5.41, 5.74) is 6.81. The van der Waals surface area contributed by atoms with Crippen molar-refractivity contribution in [3.05, 3.63) is 113 Å². The van der Waals surface area contributed by atoms with E-state index >= 15 is 0 Å². The summed E-state index contributed by atoms with van der Waals surface area (Å²) in [6.45, 7) is 0. The SMILES string of the molecule is O=[N+]([O-])c1ccc(-c2ccc(-c3ccc(-c4ccccc4)cc3)cc2)cc1. The third-order valence-corrected chi connectivity index (χ3v) is 4.62. The molecule has 0 N–H and O–H groups in total. The van der Waals surface area contributed by atoms with Crippen molar-refractivity contribution in [2.24, 2.45) is 0 Å². The number of hydrogen-bond donors (Lipinski definition) is 0. The smallest absolute Gasteiger partial charge is 0.258 e. The second-order valence-electron chi connectivity index (χ2n) is 6.32. The normalized spacial score (nSPS) is 10.5. The van der Waals surface area contributed by atoms with Gasteiger partial charge < -0.3 is 0 Å². The van der Waals surface area contributed by atoms with E-state index in [1.54, 1.807) is 12.1 Å². The van der Waals surface area contributed by atoms with Gasteiger partial charge in [0.05, 0.1) is 4.92 Å². The highest BCUT2D eigenvalue weighted by Crippen LogP contribution is 2.28. The number of non-ortho nitro benzene ring substituents is 1. The lowest BCUT2D eigenvalue weighted by molar-refractivity contribution is -0.384. The first kappa shape index (κ1) is 16.7. The third kappa shape index (κ3) is 3.62. The number of rotatable bonds is 4. The maximum Gasteiger partial charge on any atom is 0.269 e. The minimum absolute atomic E-state index is 0.105. The molecule has 0 saturated carbocycles. The van der Waals surface area contributed by atoms with Crippen molar-refractivity contribution in [2.45, 2.75) is 0 Å². The zero-order valence-corrected chi connectivity index (χ0v) is 14.6. The van der Waals surface area contributed by atoms with E-state index < -0.39 is 0 Å². The molecule has 0 amide bonds. The maximum absolute atomic E-state index is 10.8. The van der Waals surface area contributed by atoms with Crippen molar-refractivity contribution in [2.75, 3.05) is 0 Å². The fraction of sp³-hybridized carbons (Fsp3) is 0. The van der Waals surface area contributed by atoms with Crippen LogP contribution in [0.5, 0.6) is 0 Å². The molecule has 0 saturated heterocycles. The Labute approximate surface area is 157 Å². The monoisotopic (exact) mass is 351 g/mol. The van der Waals surface area contributed by atoms with Gasteiger partial charge in [0.25, 0.3) is 5.69 Å². The fourth-order valence-corrected chi connectivity index (χ4v) is 3.12. The Bertz CT molecular complexity index is 1050. The van der Waals surface area contributed by atoms with Gasteiger partial charge >= 0.3 is 0 Å². The Hall–Kier alpha value is -3.72. The first-order valence-corrected chi connectivity index (χ1v) is 8.71. The average Bonchev–Trinajstić information content (AvgIpc) is 2.75. The van der Waals surface area contributed by atoms with Gasteiger partial charge in [-0.3, -0.25) is 10.1 Å². The van der Waals surface area contributed by atoms with Crippen LogP contribution in [0, 0.1) is 10.1 Å². The van der Waals surface area contributed by atoms with Crippen LogP contribution in [-0.4, -0.2) is 4.92 Å². The van der Waals surface area contributed by atoms with Crippen LogP contribution in [0.3, 0.4) is 0 Å². The van der Waals surface area contributed by atoms with E-state index in [1.165, 1.54) is 23.3 Å². The maximum atomic E-state index is 10.8. The largest absolute Gasteiger partial charge is 0.269 e. The van der Waals surface area contributed by atoms with Crippen LogP contribution < -0.4 is 0 Å². The average molecular weight is 351 g/mol. The molecule has 3 heteroatoms. The van der Waals surface area contributed by atoms with Crippen molar-refractivity contribution in [1.82, 2.24) is 0 Å². The molecule has 0 aliphatic rings.